The molecule has 1 rings (SSSR count). The van der Waals surface area contributed by atoms with E-state index in [0.29, 0.717) is 18.2 Å². The number of nitrogens with zero attached hydrogens (tertiary/aromatic N) is 3. The van der Waals surface area contributed by atoms with Crippen molar-refractivity contribution in [3.63, 3.8) is 0 Å². The Bertz CT molecular complexity index is 1220. The molecule has 1 heterocycles. The second-order valence-corrected chi connectivity index (χ2v) is 19.8. The average Bonchev–Trinajstić information content (AvgIpc) is 3.33. The van der Waals surface area contributed by atoms with Crippen LogP contribution < -0.4 is 14.8 Å². The summed E-state index contributed by atoms with van der Waals surface area (Å²) in [7, 11) is 3.31. The van der Waals surface area contributed by atoms with E-state index >= 15 is 0 Å². The summed E-state index contributed by atoms with van der Waals surface area (Å²) < 4.78 is 23.4. The fourth-order valence-electron chi connectivity index (χ4n) is 9.31. The van der Waals surface area contributed by atoms with E-state index in [2.05, 4.69) is 55.0 Å². The van der Waals surface area contributed by atoms with Crippen LogP contribution in [0.25, 0.3) is 0 Å². The zero-order chi connectivity index (χ0) is 48.8. The van der Waals surface area contributed by atoms with Crippen LogP contribution in [0.5, 0.6) is 11.8 Å². The van der Waals surface area contributed by atoms with E-state index in [1.54, 1.807) is 14.2 Å². The van der Waals surface area contributed by atoms with Crippen LogP contribution in [0, 0.1) is 0 Å². The number of carbonyl (C=O) groups is 1. The van der Waals surface area contributed by atoms with Crippen molar-refractivity contribution >= 4 is 11.7 Å². The van der Waals surface area contributed by atoms with Gasteiger partial charge in [0.05, 0.1) is 20.3 Å². The maximum Gasteiger partial charge on any atom is 0.306 e. The van der Waals surface area contributed by atoms with Gasteiger partial charge in [0.25, 0.3) is 5.88 Å². The Hall–Kier alpha value is -2.17. The van der Waals surface area contributed by atoms with Crippen LogP contribution in [0.15, 0.2) is 0 Å². The van der Waals surface area contributed by atoms with Crippen molar-refractivity contribution in [2.75, 3.05) is 45.7 Å². The Morgan fingerprint density at radius 3 is 1.46 bits per heavy atom. The van der Waals surface area contributed by atoms with Gasteiger partial charge in [0.15, 0.2) is 6.29 Å². The SMILES string of the molecule is CCCCCCCCC(CCCCCCCC)OC(=O)CCCCCCCN(CCCCCCCC(O)OC(CC)CCCCCCCC)CCCNc1c(OC)nnc(OC)c1CCCC. The molecule has 0 radical (unpaired) electrons. The first-order valence-corrected chi connectivity index (χ1v) is 28.8. The molecule has 0 bridgehead atoms. The summed E-state index contributed by atoms with van der Waals surface area (Å²) in [6, 6.07) is 0. The number of carbonyl (C=O) groups excluding carboxylic acids is 1. The third kappa shape index (κ3) is 34.7. The fraction of sp³-hybridized carbons (Fsp3) is 0.912. The predicted octanol–water partition coefficient (Wildman–Crippen LogP) is 15.9. The van der Waals surface area contributed by atoms with Gasteiger partial charge in [-0.25, -0.2) is 0 Å². The van der Waals surface area contributed by atoms with Crippen LogP contribution in [-0.4, -0.2) is 85.1 Å². The second-order valence-electron chi connectivity index (χ2n) is 19.8. The number of nitrogens with one attached hydrogen (secondary N) is 1. The Morgan fingerprint density at radius 1 is 0.522 bits per heavy atom. The first kappa shape index (κ1) is 62.8. The van der Waals surface area contributed by atoms with Crippen LogP contribution in [0.4, 0.5) is 5.69 Å². The summed E-state index contributed by atoms with van der Waals surface area (Å²) in [6.07, 6.45) is 43.4. The number of esters is 1. The van der Waals surface area contributed by atoms with Gasteiger partial charge in [0.1, 0.15) is 11.8 Å². The van der Waals surface area contributed by atoms with Crippen LogP contribution in [0.1, 0.15) is 278 Å². The number of hydrogen-bond donors (Lipinski definition) is 2. The molecule has 0 fully saturated rings. The molecule has 1 aromatic heterocycles. The monoisotopic (exact) mass is 947 g/mol. The minimum Gasteiger partial charge on any atom is -0.480 e. The van der Waals surface area contributed by atoms with E-state index in [9.17, 15) is 9.90 Å². The topological polar surface area (TPSA) is 115 Å². The highest BCUT2D eigenvalue weighted by molar-refractivity contribution is 5.69. The first-order valence-electron chi connectivity index (χ1n) is 28.8. The van der Waals surface area contributed by atoms with Gasteiger partial charge in [-0.15, -0.1) is 10.2 Å². The number of unbranched alkanes of at least 4 members (excludes halogenated alkanes) is 24. The molecular weight excluding hydrogens is 837 g/mol. The maximum absolute atomic E-state index is 13.0. The van der Waals surface area contributed by atoms with Gasteiger partial charge in [0, 0.05) is 18.5 Å². The summed E-state index contributed by atoms with van der Waals surface area (Å²) in [5, 5.41) is 22.8. The van der Waals surface area contributed by atoms with Crippen LogP contribution in [0.2, 0.25) is 0 Å². The third-order valence-corrected chi connectivity index (χ3v) is 13.6. The van der Waals surface area contributed by atoms with Crippen molar-refractivity contribution in [3.8, 4) is 11.8 Å². The molecule has 0 spiro atoms. The number of ether oxygens (including phenoxy) is 4. The van der Waals surface area contributed by atoms with Crippen molar-refractivity contribution in [1.82, 2.24) is 15.1 Å². The highest BCUT2D eigenvalue weighted by Gasteiger charge is 2.19. The molecule has 0 aliphatic heterocycles. The molecule has 10 heteroatoms. The quantitative estimate of drug-likeness (QED) is 0.0372. The Balaban J connectivity index is 2.60. The molecular formula is C57H110N4O6. The molecule has 2 N–H and O–H groups in total. The second kappa shape index (κ2) is 46.2. The number of hydrogen-bond acceptors (Lipinski definition) is 10. The lowest BCUT2D eigenvalue weighted by molar-refractivity contribution is -0.150. The zero-order valence-electron chi connectivity index (χ0n) is 45.3. The number of anilines is 1. The molecule has 67 heavy (non-hydrogen) atoms. The minimum atomic E-state index is -0.638. The van der Waals surface area contributed by atoms with Gasteiger partial charge in [-0.1, -0.05) is 182 Å². The van der Waals surface area contributed by atoms with Crippen LogP contribution >= 0.6 is 0 Å². The summed E-state index contributed by atoms with van der Waals surface area (Å²) in [4.78, 5) is 15.6. The van der Waals surface area contributed by atoms with Gasteiger partial charge >= 0.3 is 5.97 Å². The van der Waals surface area contributed by atoms with E-state index in [4.69, 9.17) is 18.9 Å². The van der Waals surface area contributed by atoms with E-state index in [0.717, 1.165) is 127 Å². The molecule has 1 aromatic rings. The molecule has 2 atom stereocenters. The van der Waals surface area contributed by atoms with Gasteiger partial charge < -0.3 is 34.3 Å². The molecule has 0 amide bonds. The maximum atomic E-state index is 13.0. The van der Waals surface area contributed by atoms with Gasteiger partial charge in [-0.05, 0) is 110 Å². The van der Waals surface area contributed by atoms with Gasteiger partial charge in [0.2, 0.25) is 5.88 Å². The number of aromatic nitrogens is 2. The molecule has 0 saturated carbocycles. The first-order chi connectivity index (χ1) is 32.9. The van der Waals surface area contributed by atoms with Crippen LogP contribution in [0.3, 0.4) is 0 Å². The lowest BCUT2D eigenvalue weighted by Gasteiger charge is -2.23. The standard InChI is InChI=1S/C57H110N4O6/c1-8-13-17-20-25-32-40-50(12-5)66-53(62)44-35-28-23-30-37-47-61(49-39-46-58-55-52(43-16-11-4)56(64-6)59-60-57(55)65-7)48-38-31-24-29-36-45-54(63)67-51(41-33-26-21-18-14-9-2)42-34-27-22-19-15-10-3/h50-51,53,62H,8-49H2,1-7H3,(H,58,59). The molecule has 0 aromatic carbocycles. The number of methoxy groups -OCH3 is 2. The fourth-order valence-corrected chi connectivity index (χ4v) is 9.31. The van der Waals surface area contributed by atoms with Crippen molar-refractivity contribution in [3.05, 3.63) is 5.56 Å². The predicted molar refractivity (Wildman–Crippen MR) is 284 cm³/mol. The zero-order valence-corrected chi connectivity index (χ0v) is 45.3. The van der Waals surface area contributed by atoms with E-state index in [-0.39, 0.29) is 18.2 Å². The van der Waals surface area contributed by atoms with E-state index in [1.807, 2.05) is 0 Å². The highest BCUT2D eigenvalue weighted by atomic mass is 16.6. The van der Waals surface area contributed by atoms with Crippen molar-refractivity contribution in [2.45, 2.75) is 297 Å². The number of aliphatic hydroxyl groups is 1. The molecule has 0 aliphatic carbocycles. The summed E-state index contributed by atoms with van der Waals surface area (Å²) >= 11 is 0. The molecule has 0 saturated heterocycles. The molecule has 394 valence electrons. The Labute approximate surface area is 414 Å². The summed E-state index contributed by atoms with van der Waals surface area (Å²) in [6.45, 7) is 15.2. The average molecular weight is 948 g/mol. The summed E-state index contributed by atoms with van der Waals surface area (Å²) in [5.41, 5.74) is 1.95. The molecule has 0 aliphatic rings. The van der Waals surface area contributed by atoms with Crippen molar-refractivity contribution in [2.24, 2.45) is 0 Å². The third-order valence-electron chi connectivity index (χ3n) is 13.6. The number of aliphatic hydroxyl groups excluding tert-OH is 1. The lowest BCUT2D eigenvalue weighted by atomic mass is 10.0. The normalized spacial score (nSPS) is 12.6. The van der Waals surface area contributed by atoms with Gasteiger partial charge in [-0.2, -0.15) is 0 Å². The number of rotatable bonds is 51. The summed E-state index contributed by atoms with van der Waals surface area (Å²) in [5.74, 6) is 1.11. The highest BCUT2D eigenvalue weighted by Crippen LogP contribution is 2.32. The molecule has 10 nitrogen and oxygen atoms in total. The van der Waals surface area contributed by atoms with Crippen molar-refractivity contribution < 1.29 is 28.8 Å². The van der Waals surface area contributed by atoms with Crippen LogP contribution in [-0.2, 0) is 20.7 Å². The van der Waals surface area contributed by atoms with Gasteiger partial charge in [-0.3, -0.25) is 4.79 Å². The minimum absolute atomic E-state index is 0.0197. The Morgan fingerprint density at radius 2 is 0.955 bits per heavy atom. The van der Waals surface area contributed by atoms with Crippen molar-refractivity contribution in [1.29, 1.82) is 0 Å². The van der Waals surface area contributed by atoms with E-state index < -0.39 is 6.29 Å². The largest absolute Gasteiger partial charge is 0.480 e. The smallest absolute Gasteiger partial charge is 0.306 e. The Kier molecular flexibility index (Phi) is 43.4. The molecule has 2 unspecified atom stereocenters. The van der Waals surface area contributed by atoms with E-state index in [1.165, 1.54) is 148 Å². The lowest BCUT2D eigenvalue weighted by Crippen LogP contribution is -2.28.